The number of H-pyrrole nitrogens is 1. The zero-order chi connectivity index (χ0) is 27.8. The van der Waals surface area contributed by atoms with Crippen molar-refractivity contribution in [2.45, 2.75) is 53.1 Å². The quantitative estimate of drug-likeness (QED) is 0.203. The van der Waals surface area contributed by atoms with E-state index in [1.54, 1.807) is 18.3 Å². The zero-order valence-corrected chi connectivity index (χ0v) is 23.4. The molecule has 6 nitrogen and oxygen atoms in total. The Bertz CT molecular complexity index is 1310. The van der Waals surface area contributed by atoms with E-state index < -0.39 is 0 Å². The number of nitrogens with one attached hydrogen (secondary N) is 2. The van der Waals surface area contributed by atoms with Crippen LogP contribution in [0, 0.1) is 6.92 Å². The predicted molar refractivity (Wildman–Crippen MR) is 159 cm³/mol. The summed E-state index contributed by atoms with van der Waals surface area (Å²) in [7, 11) is 0. The van der Waals surface area contributed by atoms with Crippen LogP contribution in [-0.2, 0) is 13.1 Å². The van der Waals surface area contributed by atoms with Gasteiger partial charge in [-0.05, 0) is 68.4 Å². The van der Waals surface area contributed by atoms with Crippen molar-refractivity contribution in [2.75, 3.05) is 17.6 Å². The lowest BCUT2D eigenvalue weighted by molar-refractivity contribution is 0.332. The number of hydrogen-bond donors (Lipinski definition) is 3. The Morgan fingerprint density at radius 3 is 2.71 bits per heavy atom. The van der Waals surface area contributed by atoms with Crippen molar-refractivity contribution in [1.29, 1.82) is 0 Å². The van der Waals surface area contributed by atoms with Crippen LogP contribution in [0.25, 0.3) is 5.70 Å². The van der Waals surface area contributed by atoms with Crippen LogP contribution in [0.1, 0.15) is 55.8 Å². The number of nitrogens with zero attached hydrogens (tertiary/aromatic N) is 3. The van der Waals surface area contributed by atoms with Crippen molar-refractivity contribution in [3.63, 3.8) is 0 Å². The molecule has 0 bridgehead atoms. The summed E-state index contributed by atoms with van der Waals surface area (Å²) in [6.07, 6.45) is 7.80. The van der Waals surface area contributed by atoms with Gasteiger partial charge in [-0.2, -0.15) is 5.10 Å². The van der Waals surface area contributed by atoms with E-state index in [1.165, 1.54) is 29.8 Å². The number of fused-ring (bicyclic) bond motifs is 1. The van der Waals surface area contributed by atoms with Crippen molar-refractivity contribution in [1.82, 2.24) is 19.7 Å². The normalized spacial score (nSPS) is 15.4. The third-order valence-corrected chi connectivity index (χ3v) is 6.86. The van der Waals surface area contributed by atoms with Gasteiger partial charge in [-0.15, -0.1) is 0 Å². The molecule has 202 valence electrons. The highest BCUT2D eigenvalue weighted by atomic mass is 35.5. The average Bonchev–Trinajstić information content (AvgIpc) is 3.53. The molecule has 3 aromatic rings. The predicted octanol–water partition coefficient (Wildman–Crippen LogP) is 7.80. The van der Waals surface area contributed by atoms with Gasteiger partial charge in [0.05, 0.1) is 40.2 Å². The minimum atomic E-state index is -0.175. The van der Waals surface area contributed by atoms with Crippen LogP contribution < -0.4 is 11.1 Å². The standard InChI is InChI=1S/C22H29FN4.C8H9ClN2/c1-6-19(10-9-16(3)23)13-27-22-15(2)12-26(14-20(22)17(4)25-27)18(5)21-8-7-11-24-21;1-2-11-6-3-4-7(9)8(10)5-6/h7-11,15,24H,5-6,12-14H2,1-4H3;2-5,11H,1,10H2/b16-9+,19-10+;. The first-order valence-corrected chi connectivity index (χ1v) is 13.1. The Morgan fingerprint density at radius 2 is 2.11 bits per heavy atom. The van der Waals surface area contributed by atoms with E-state index in [1.807, 2.05) is 24.4 Å². The number of hydrogen-bond acceptors (Lipinski definition) is 4. The number of aryl methyl sites for hydroxylation is 1. The lowest BCUT2D eigenvalue weighted by atomic mass is 9.95. The number of rotatable bonds is 8. The van der Waals surface area contributed by atoms with Gasteiger partial charge in [-0.3, -0.25) is 4.68 Å². The molecule has 0 fully saturated rings. The summed E-state index contributed by atoms with van der Waals surface area (Å²) in [5, 5.41) is 8.28. The number of anilines is 2. The van der Waals surface area contributed by atoms with Gasteiger partial charge in [0.15, 0.2) is 0 Å². The lowest BCUT2D eigenvalue weighted by Gasteiger charge is -2.34. The van der Waals surface area contributed by atoms with E-state index in [4.69, 9.17) is 22.4 Å². The van der Waals surface area contributed by atoms with Crippen molar-refractivity contribution in [3.8, 4) is 0 Å². The molecule has 1 aromatic carbocycles. The summed E-state index contributed by atoms with van der Waals surface area (Å²) >= 11 is 5.70. The number of allylic oxidation sites excluding steroid dienone is 4. The van der Waals surface area contributed by atoms with Crippen LogP contribution in [0.3, 0.4) is 0 Å². The molecular weight excluding hydrogens is 499 g/mol. The Labute approximate surface area is 230 Å². The Balaban J connectivity index is 0.000000304. The summed E-state index contributed by atoms with van der Waals surface area (Å²) < 4.78 is 15.2. The molecule has 0 spiro atoms. The molecule has 38 heavy (non-hydrogen) atoms. The fraction of sp³-hybridized carbons (Fsp3) is 0.300. The topological polar surface area (TPSA) is 74.9 Å². The van der Waals surface area contributed by atoms with Gasteiger partial charge >= 0.3 is 0 Å². The number of nitrogen functional groups attached to an aromatic ring is 1. The van der Waals surface area contributed by atoms with Gasteiger partial charge in [-0.1, -0.05) is 44.7 Å². The van der Waals surface area contributed by atoms with Crippen LogP contribution in [0.4, 0.5) is 15.8 Å². The fourth-order valence-electron chi connectivity index (χ4n) is 4.52. The van der Waals surface area contributed by atoms with Crippen LogP contribution in [0.2, 0.25) is 5.02 Å². The molecule has 1 atom stereocenters. The van der Waals surface area contributed by atoms with Crippen molar-refractivity contribution >= 4 is 28.7 Å². The second-order valence-electron chi connectivity index (χ2n) is 9.44. The van der Waals surface area contributed by atoms with Crippen molar-refractivity contribution < 1.29 is 4.39 Å². The molecule has 0 radical (unpaired) electrons. The molecule has 0 aliphatic carbocycles. The fourth-order valence-corrected chi connectivity index (χ4v) is 4.64. The van der Waals surface area contributed by atoms with Crippen LogP contribution in [0.15, 0.2) is 79.4 Å². The Kier molecular flexibility index (Phi) is 10.0. The zero-order valence-electron chi connectivity index (χ0n) is 22.7. The number of aromatic amines is 1. The summed E-state index contributed by atoms with van der Waals surface area (Å²) in [5.41, 5.74) is 13.9. The second kappa shape index (κ2) is 13.2. The highest BCUT2D eigenvalue weighted by Gasteiger charge is 2.29. The molecule has 4 N–H and O–H groups in total. The highest BCUT2D eigenvalue weighted by molar-refractivity contribution is 6.33. The maximum absolute atomic E-state index is 13.1. The molecule has 4 rings (SSSR count). The molecule has 8 heteroatoms. The van der Waals surface area contributed by atoms with E-state index in [0.29, 0.717) is 23.2 Å². The third kappa shape index (κ3) is 7.19. The van der Waals surface area contributed by atoms with Crippen molar-refractivity contribution in [2.24, 2.45) is 0 Å². The maximum Gasteiger partial charge on any atom is 0.0968 e. The number of nitrogens with two attached hydrogens (primary N) is 1. The number of aromatic nitrogens is 3. The summed E-state index contributed by atoms with van der Waals surface area (Å²) in [6.45, 7) is 18.1. The van der Waals surface area contributed by atoms with E-state index >= 15 is 0 Å². The molecule has 0 saturated heterocycles. The largest absolute Gasteiger partial charge is 0.397 e. The first-order chi connectivity index (χ1) is 18.1. The van der Waals surface area contributed by atoms with Gasteiger partial charge < -0.3 is 20.9 Å². The van der Waals surface area contributed by atoms with Gasteiger partial charge in [0, 0.05) is 42.1 Å². The third-order valence-electron chi connectivity index (χ3n) is 6.52. The van der Waals surface area contributed by atoms with E-state index in [-0.39, 0.29) is 5.83 Å². The van der Waals surface area contributed by atoms with E-state index in [0.717, 1.165) is 42.3 Å². The SMILES string of the molecule is C=C(c1ccc[nH]1)N1Cc2c(C)nn(C/C(=C/C=C(\C)F)CC)c2C(C)C1.C=CNc1ccc(Cl)c(N)c1. The maximum atomic E-state index is 13.1. The first-order valence-electron chi connectivity index (χ1n) is 12.7. The summed E-state index contributed by atoms with van der Waals surface area (Å²) in [5.74, 6) is 0.171. The van der Waals surface area contributed by atoms with Gasteiger partial charge in [0.1, 0.15) is 0 Å². The number of benzene rings is 1. The first kappa shape index (κ1) is 28.9. The molecular formula is C30H38ClFN6. The molecule has 1 aliphatic rings. The Hall–Kier alpha value is -3.71. The smallest absolute Gasteiger partial charge is 0.0968 e. The van der Waals surface area contributed by atoms with E-state index in [2.05, 4.69) is 59.9 Å². The molecule has 0 saturated carbocycles. The molecule has 3 heterocycles. The monoisotopic (exact) mass is 536 g/mol. The second-order valence-corrected chi connectivity index (χ2v) is 9.84. The highest BCUT2D eigenvalue weighted by Crippen LogP contribution is 2.34. The van der Waals surface area contributed by atoms with Gasteiger partial charge in [-0.25, -0.2) is 4.39 Å². The average molecular weight is 537 g/mol. The lowest BCUT2D eigenvalue weighted by Crippen LogP contribution is -2.32. The van der Waals surface area contributed by atoms with Crippen molar-refractivity contribution in [3.05, 3.63) is 107 Å². The van der Waals surface area contributed by atoms with Gasteiger partial charge in [0.2, 0.25) is 0 Å². The van der Waals surface area contributed by atoms with Gasteiger partial charge in [0.25, 0.3) is 0 Å². The van der Waals surface area contributed by atoms with Crippen LogP contribution in [-0.4, -0.2) is 26.2 Å². The Morgan fingerprint density at radius 1 is 1.34 bits per heavy atom. The minimum absolute atomic E-state index is 0.175. The minimum Gasteiger partial charge on any atom is -0.397 e. The van der Waals surface area contributed by atoms with Crippen LogP contribution in [0.5, 0.6) is 0 Å². The van der Waals surface area contributed by atoms with E-state index in [9.17, 15) is 4.39 Å². The molecule has 0 amide bonds. The molecule has 2 aromatic heterocycles. The number of halogens is 2. The summed E-state index contributed by atoms with van der Waals surface area (Å²) in [4.78, 5) is 5.57. The molecule has 1 aliphatic heterocycles. The summed E-state index contributed by atoms with van der Waals surface area (Å²) in [6, 6.07) is 9.37. The molecule has 1 unspecified atom stereocenters. The van der Waals surface area contributed by atoms with Crippen LogP contribution >= 0.6 is 11.6 Å².